The van der Waals surface area contributed by atoms with Gasteiger partial charge < -0.3 is 14.6 Å². The molecule has 6 heteroatoms. The van der Waals surface area contributed by atoms with Gasteiger partial charge in [0.05, 0.1) is 0 Å². The van der Waals surface area contributed by atoms with Crippen LogP contribution in [-0.4, -0.2) is 42.3 Å². The zero-order chi connectivity index (χ0) is 18.0. The molecule has 0 bridgehead atoms. The summed E-state index contributed by atoms with van der Waals surface area (Å²) >= 11 is 0. The number of likely N-dealkylation sites (tertiary alicyclic amines) is 1. The molecule has 2 aromatic rings. The highest BCUT2D eigenvalue weighted by Crippen LogP contribution is 2.42. The van der Waals surface area contributed by atoms with Crippen molar-refractivity contribution >= 4 is 11.7 Å². The van der Waals surface area contributed by atoms with Crippen molar-refractivity contribution in [1.82, 2.24) is 10.1 Å². The van der Waals surface area contributed by atoms with Crippen molar-refractivity contribution < 1.29 is 14.1 Å². The zero-order valence-corrected chi connectivity index (χ0v) is 15.1. The number of benzene rings is 1. The van der Waals surface area contributed by atoms with E-state index in [1.54, 1.807) is 6.07 Å². The summed E-state index contributed by atoms with van der Waals surface area (Å²) in [5.74, 6) is 1.08. The molecule has 1 aromatic carbocycles. The third-order valence-corrected chi connectivity index (χ3v) is 5.63. The van der Waals surface area contributed by atoms with Crippen molar-refractivity contribution in [3.8, 4) is 0 Å². The second kappa shape index (κ2) is 7.21. The third-order valence-electron chi connectivity index (χ3n) is 5.63. The van der Waals surface area contributed by atoms with Crippen LogP contribution in [0.3, 0.4) is 0 Å². The predicted octanol–water partition coefficient (Wildman–Crippen LogP) is 3.17. The normalized spacial score (nSPS) is 21.0. The van der Waals surface area contributed by atoms with E-state index in [9.17, 15) is 4.79 Å². The Kier molecular flexibility index (Phi) is 4.78. The molecule has 2 aliphatic heterocycles. The van der Waals surface area contributed by atoms with E-state index in [2.05, 4.69) is 15.4 Å². The van der Waals surface area contributed by atoms with Gasteiger partial charge in [0.2, 0.25) is 5.91 Å². The summed E-state index contributed by atoms with van der Waals surface area (Å²) in [5, 5.41) is 6.82. The average molecular weight is 355 g/mol. The number of anilines is 1. The van der Waals surface area contributed by atoms with E-state index < -0.39 is 0 Å². The van der Waals surface area contributed by atoms with Gasteiger partial charge >= 0.3 is 0 Å². The van der Waals surface area contributed by atoms with Gasteiger partial charge in [-0.15, -0.1) is 0 Å². The summed E-state index contributed by atoms with van der Waals surface area (Å²) in [4.78, 5) is 15.4. The molecule has 1 spiro atoms. The fourth-order valence-electron chi connectivity index (χ4n) is 4.19. The number of hydrogen-bond donors (Lipinski definition) is 1. The van der Waals surface area contributed by atoms with Crippen LogP contribution in [0.4, 0.5) is 5.82 Å². The van der Waals surface area contributed by atoms with Crippen molar-refractivity contribution in [2.45, 2.75) is 32.2 Å². The summed E-state index contributed by atoms with van der Waals surface area (Å²) < 4.78 is 10.6. The molecule has 6 nitrogen and oxygen atoms in total. The zero-order valence-electron chi connectivity index (χ0n) is 15.1. The molecule has 1 amide bonds. The topological polar surface area (TPSA) is 67.6 Å². The lowest BCUT2D eigenvalue weighted by molar-refractivity contribution is -0.121. The first-order valence-corrected chi connectivity index (χ1v) is 9.26. The van der Waals surface area contributed by atoms with Gasteiger partial charge in [0.25, 0.3) is 0 Å². The van der Waals surface area contributed by atoms with Gasteiger partial charge in [-0.2, -0.15) is 0 Å². The van der Waals surface area contributed by atoms with E-state index in [0.717, 1.165) is 51.1 Å². The Morgan fingerprint density at radius 3 is 2.69 bits per heavy atom. The van der Waals surface area contributed by atoms with Crippen LogP contribution >= 0.6 is 0 Å². The number of carbonyl (C=O) groups is 1. The minimum atomic E-state index is -0.324. The molecule has 0 aliphatic carbocycles. The van der Waals surface area contributed by atoms with Gasteiger partial charge in [-0.25, -0.2) is 0 Å². The lowest BCUT2D eigenvalue weighted by Crippen LogP contribution is -2.39. The Balaban J connectivity index is 1.56. The van der Waals surface area contributed by atoms with Crippen LogP contribution in [0.1, 0.15) is 36.6 Å². The average Bonchev–Trinajstić information content (AvgIpc) is 3.23. The number of nitrogens with one attached hydrogen (secondary N) is 1. The maximum atomic E-state index is 13.1. The predicted molar refractivity (Wildman–Crippen MR) is 97.7 cm³/mol. The Bertz CT molecular complexity index is 753. The highest BCUT2D eigenvalue weighted by atomic mass is 16.5. The number of aromatic nitrogens is 1. The first-order chi connectivity index (χ1) is 12.7. The van der Waals surface area contributed by atoms with Crippen molar-refractivity contribution in [1.29, 1.82) is 0 Å². The second-order valence-corrected chi connectivity index (χ2v) is 7.46. The summed E-state index contributed by atoms with van der Waals surface area (Å²) in [5.41, 5.74) is 1.30. The van der Waals surface area contributed by atoms with Crippen LogP contribution in [0.5, 0.6) is 0 Å². The number of nitrogens with zero attached hydrogens (tertiary/aromatic N) is 2. The van der Waals surface area contributed by atoms with E-state index in [4.69, 9.17) is 9.26 Å². The summed E-state index contributed by atoms with van der Waals surface area (Å²) in [7, 11) is 0. The summed E-state index contributed by atoms with van der Waals surface area (Å²) in [6.07, 6.45) is 3.28. The molecule has 138 valence electrons. The van der Waals surface area contributed by atoms with Gasteiger partial charge in [-0.1, -0.05) is 35.5 Å². The quantitative estimate of drug-likeness (QED) is 0.912. The van der Waals surface area contributed by atoms with Crippen LogP contribution < -0.4 is 5.32 Å². The lowest BCUT2D eigenvalue weighted by atomic mass is 9.79. The highest BCUT2D eigenvalue weighted by Gasteiger charge is 2.43. The fraction of sp³-hybridized carbons (Fsp3) is 0.500. The lowest BCUT2D eigenvalue weighted by Gasteiger charge is -2.34. The number of hydrogen-bond acceptors (Lipinski definition) is 5. The smallest absolute Gasteiger partial charge is 0.247 e. The van der Waals surface area contributed by atoms with Crippen molar-refractivity contribution in [2.24, 2.45) is 5.41 Å². The maximum absolute atomic E-state index is 13.1. The number of ether oxygens (including phenoxy) is 1. The fourth-order valence-corrected chi connectivity index (χ4v) is 4.19. The summed E-state index contributed by atoms with van der Waals surface area (Å²) in [6, 6.07) is 11.4. The number of aryl methyl sites for hydroxylation is 1. The van der Waals surface area contributed by atoms with Gasteiger partial charge in [0.15, 0.2) is 5.82 Å². The standard InChI is InChI=1S/C20H25N3O3/c1-15-13-17(22-26-15)21-19(24)18(16-5-3-2-4-6-16)23-10-7-20(14-23)8-11-25-12-9-20/h2-6,13,18H,7-12,14H2,1H3,(H,21,22,24). The molecule has 2 aliphatic rings. The molecule has 26 heavy (non-hydrogen) atoms. The molecular weight excluding hydrogens is 330 g/mol. The first kappa shape index (κ1) is 17.2. The van der Waals surface area contributed by atoms with Crippen LogP contribution in [0.25, 0.3) is 0 Å². The minimum Gasteiger partial charge on any atom is -0.381 e. The molecule has 2 fully saturated rings. The van der Waals surface area contributed by atoms with E-state index in [1.807, 2.05) is 37.3 Å². The molecule has 4 rings (SSSR count). The first-order valence-electron chi connectivity index (χ1n) is 9.26. The Morgan fingerprint density at radius 1 is 1.23 bits per heavy atom. The molecule has 1 atom stereocenters. The Morgan fingerprint density at radius 2 is 2.00 bits per heavy atom. The maximum Gasteiger partial charge on any atom is 0.247 e. The van der Waals surface area contributed by atoms with Crippen LogP contribution in [-0.2, 0) is 9.53 Å². The van der Waals surface area contributed by atoms with Gasteiger partial charge in [-0.3, -0.25) is 9.69 Å². The van der Waals surface area contributed by atoms with E-state index in [-0.39, 0.29) is 17.4 Å². The molecule has 1 aromatic heterocycles. The monoisotopic (exact) mass is 355 g/mol. The third kappa shape index (κ3) is 3.52. The number of carbonyl (C=O) groups excluding carboxylic acids is 1. The van der Waals surface area contributed by atoms with Crippen LogP contribution in [0, 0.1) is 12.3 Å². The largest absolute Gasteiger partial charge is 0.381 e. The number of amides is 1. The minimum absolute atomic E-state index is 0.0615. The SMILES string of the molecule is Cc1cc(NC(=O)C(c2ccccc2)N2CCC3(CCOCC3)C2)no1. The number of rotatable bonds is 4. The van der Waals surface area contributed by atoms with Crippen molar-refractivity contribution in [3.63, 3.8) is 0 Å². The molecule has 1 unspecified atom stereocenters. The Hall–Kier alpha value is -2.18. The molecule has 3 heterocycles. The van der Waals surface area contributed by atoms with Crippen LogP contribution in [0.15, 0.2) is 40.9 Å². The molecule has 2 saturated heterocycles. The van der Waals surface area contributed by atoms with Crippen LogP contribution in [0.2, 0.25) is 0 Å². The molecule has 1 N–H and O–H groups in total. The van der Waals surface area contributed by atoms with Gasteiger partial charge in [0, 0.05) is 25.8 Å². The summed E-state index contributed by atoms with van der Waals surface area (Å²) in [6.45, 7) is 5.32. The molecule has 0 radical (unpaired) electrons. The second-order valence-electron chi connectivity index (χ2n) is 7.46. The molecular formula is C20H25N3O3. The van der Waals surface area contributed by atoms with Crippen molar-refractivity contribution in [2.75, 3.05) is 31.6 Å². The molecule has 0 saturated carbocycles. The van der Waals surface area contributed by atoms with Crippen molar-refractivity contribution in [3.05, 3.63) is 47.7 Å². The van der Waals surface area contributed by atoms with Gasteiger partial charge in [-0.05, 0) is 43.7 Å². The highest BCUT2D eigenvalue weighted by molar-refractivity contribution is 5.94. The van der Waals surface area contributed by atoms with E-state index in [1.165, 1.54) is 0 Å². The van der Waals surface area contributed by atoms with E-state index in [0.29, 0.717) is 11.6 Å². The van der Waals surface area contributed by atoms with Gasteiger partial charge in [0.1, 0.15) is 11.8 Å². The van der Waals surface area contributed by atoms with E-state index >= 15 is 0 Å². The Labute approximate surface area is 153 Å².